The van der Waals surface area contributed by atoms with Gasteiger partial charge in [0.1, 0.15) is 11.4 Å². The summed E-state index contributed by atoms with van der Waals surface area (Å²) in [5.74, 6) is 1.78. The summed E-state index contributed by atoms with van der Waals surface area (Å²) in [5, 5.41) is 3.96. The van der Waals surface area contributed by atoms with Gasteiger partial charge in [-0.25, -0.2) is 4.98 Å². The molecule has 1 saturated heterocycles. The lowest BCUT2D eigenvalue weighted by atomic mass is 10.0. The van der Waals surface area contributed by atoms with Crippen molar-refractivity contribution in [2.75, 3.05) is 66.0 Å². The minimum absolute atomic E-state index is 0.159. The van der Waals surface area contributed by atoms with Crippen molar-refractivity contribution in [1.82, 2.24) is 20.2 Å². The fourth-order valence-corrected chi connectivity index (χ4v) is 5.46. The van der Waals surface area contributed by atoms with Crippen LogP contribution in [-0.2, 0) is 4.79 Å². The number of methoxy groups -OCH3 is 3. The summed E-state index contributed by atoms with van der Waals surface area (Å²) in [6.07, 6.45) is 5.52. The first-order valence-electron chi connectivity index (χ1n) is 14.6. The van der Waals surface area contributed by atoms with E-state index in [-0.39, 0.29) is 18.5 Å². The van der Waals surface area contributed by atoms with E-state index in [1.54, 1.807) is 21.3 Å². The van der Waals surface area contributed by atoms with E-state index < -0.39 is 0 Å². The van der Waals surface area contributed by atoms with Crippen LogP contribution in [0.25, 0.3) is 28.2 Å². The molecule has 0 radical (unpaired) electrons. The van der Waals surface area contributed by atoms with Crippen molar-refractivity contribution >= 4 is 35.4 Å². The van der Waals surface area contributed by atoms with Gasteiger partial charge in [0.25, 0.3) is 0 Å². The normalized spacial score (nSPS) is 14.8. The molecule has 0 spiro atoms. The van der Waals surface area contributed by atoms with Crippen molar-refractivity contribution in [3.63, 3.8) is 0 Å². The average molecular weight is 597 g/mol. The number of rotatable bonds is 11. The molecule has 1 aliphatic heterocycles. The van der Waals surface area contributed by atoms with Gasteiger partial charge in [-0.15, -0.1) is 0 Å². The van der Waals surface area contributed by atoms with Crippen LogP contribution >= 0.6 is 0 Å². The third kappa shape index (κ3) is 6.55. The molecule has 2 aromatic heterocycles. The molecule has 0 unspecified atom stereocenters. The van der Waals surface area contributed by atoms with E-state index in [4.69, 9.17) is 14.2 Å². The molecule has 3 heterocycles. The summed E-state index contributed by atoms with van der Waals surface area (Å²) >= 11 is 0. The van der Waals surface area contributed by atoms with Gasteiger partial charge in [0.05, 0.1) is 33.9 Å². The van der Waals surface area contributed by atoms with E-state index in [0.717, 1.165) is 70.9 Å². The van der Waals surface area contributed by atoms with Gasteiger partial charge in [-0.2, -0.15) is 0 Å². The Morgan fingerprint density at radius 3 is 2.50 bits per heavy atom. The number of benzene rings is 2. The topological polar surface area (TPSA) is 104 Å². The second-order valence-corrected chi connectivity index (χ2v) is 10.9. The number of fused-ring (bicyclic) bond motifs is 1. The van der Waals surface area contributed by atoms with Crippen molar-refractivity contribution in [1.29, 1.82) is 0 Å². The zero-order valence-corrected chi connectivity index (χ0v) is 26.0. The zero-order chi connectivity index (χ0) is 31.2. The molecule has 1 amide bonds. The van der Waals surface area contributed by atoms with Crippen LogP contribution in [0, 0.1) is 0 Å². The number of anilines is 1. The fraction of sp³-hybridized carbons (Fsp3) is 0.324. The Morgan fingerprint density at radius 1 is 1.05 bits per heavy atom. The first-order chi connectivity index (χ1) is 21.3. The van der Waals surface area contributed by atoms with Gasteiger partial charge in [-0.05, 0) is 62.7 Å². The number of carbonyl (C=O) groups is 1. The third-order valence-electron chi connectivity index (χ3n) is 8.09. The lowest BCUT2D eigenvalue weighted by Crippen LogP contribution is -2.44. The van der Waals surface area contributed by atoms with Crippen LogP contribution in [0.1, 0.15) is 24.1 Å². The van der Waals surface area contributed by atoms with Crippen molar-refractivity contribution in [3.05, 3.63) is 71.6 Å². The number of carbonyl (C=O) groups excluding carboxylic acids is 1. The molecule has 230 valence electrons. The van der Waals surface area contributed by atoms with Gasteiger partial charge in [0.15, 0.2) is 11.5 Å². The molecule has 1 fully saturated rings. The summed E-state index contributed by atoms with van der Waals surface area (Å²) in [4.78, 5) is 30.1. The first-order valence-corrected chi connectivity index (χ1v) is 14.6. The highest BCUT2D eigenvalue weighted by Gasteiger charge is 2.19. The number of nitrogens with one attached hydrogen (secondary N) is 2. The summed E-state index contributed by atoms with van der Waals surface area (Å²) in [7, 11) is 7.02. The van der Waals surface area contributed by atoms with E-state index in [1.165, 1.54) is 0 Å². The quantitative estimate of drug-likeness (QED) is 0.186. The number of aromatic nitrogens is 2. The van der Waals surface area contributed by atoms with Gasteiger partial charge < -0.3 is 34.3 Å². The SMILES string of the molecule is C=NC/C(=C\c1c[nH]c2ncc(-c3ccc(N4CCN(C)CC4)cc3OC)cc12)C(=O)N[C@H](C)c1ccc(OC)c(OC)c1. The van der Waals surface area contributed by atoms with E-state index >= 15 is 0 Å². The number of H-pyrrole nitrogens is 1. The summed E-state index contributed by atoms with van der Waals surface area (Å²) in [6.45, 7) is 9.73. The number of hydrogen-bond acceptors (Lipinski definition) is 8. The van der Waals surface area contributed by atoms with Crippen LogP contribution in [0.2, 0.25) is 0 Å². The highest BCUT2D eigenvalue weighted by Crippen LogP contribution is 2.36. The monoisotopic (exact) mass is 596 g/mol. The van der Waals surface area contributed by atoms with Crippen molar-refractivity contribution in [3.8, 4) is 28.4 Å². The predicted molar refractivity (Wildman–Crippen MR) is 176 cm³/mol. The minimum Gasteiger partial charge on any atom is -0.496 e. The Kier molecular flexibility index (Phi) is 9.50. The third-order valence-corrected chi connectivity index (χ3v) is 8.09. The second-order valence-electron chi connectivity index (χ2n) is 10.9. The molecule has 2 aromatic carbocycles. The number of aliphatic imine (C=N–C) groups is 1. The van der Waals surface area contributed by atoms with Crippen LogP contribution < -0.4 is 24.4 Å². The van der Waals surface area contributed by atoms with E-state index in [9.17, 15) is 4.79 Å². The number of pyridine rings is 1. The highest BCUT2D eigenvalue weighted by atomic mass is 16.5. The Labute approximate surface area is 258 Å². The molecule has 0 aliphatic carbocycles. The molecule has 10 nitrogen and oxygen atoms in total. The van der Waals surface area contributed by atoms with Gasteiger partial charge in [0.2, 0.25) is 5.91 Å². The maximum absolute atomic E-state index is 13.4. The Bertz CT molecular complexity index is 1670. The standard InChI is InChI=1S/C34H40N6O4/c1-22(23-7-10-30(42-4)32(17-23)44-6)38-34(41)26(19-35-2)15-24-20-36-33-29(24)16-25(21-37-33)28-9-8-27(18-31(28)43-5)40-13-11-39(3)12-14-40/h7-10,15-18,20-22H,2,11-14,19H2,1,3-6H3,(H,36,37)(H,38,41)/b26-15+/t22-/m1/s1. The van der Waals surface area contributed by atoms with Crippen LogP contribution in [-0.4, -0.2) is 88.6 Å². The molecule has 5 rings (SSSR count). The number of likely N-dealkylation sites (N-methyl/N-ethyl adjacent to an activating group) is 1. The highest BCUT2D eigenvalue weighted by molar-refractivity contribution is 6.01. The Hall–Kier alpha value is -4.83. The van der Waals surface area contributed by atoms with E-state index in [1.807, 2.05) is 43.6 Å². The van der Waals surface area contributed by atoms with E-state index in [0.29, 0.717) is 17.1 Å². The van der Waals surface area contributed by atoms with Gasteiger partial charge >= 0.3 is 0 Å². The average Bonchev–Trinajstić information content (AvgIpc) is 3.45. The van der Waals surface area contributed by atoms with Gasteiger partial charge in [0, 0.05) is 78.0 Å². The maximum Gasteiger partial charge on any atom is 0.249 e. The molecule has 0 saturated carbocycles. The molecule has 10 heteroatoms. The number of piperazine rings is 1. The number of aromatic amines is 1. The fourth-order valence-electron chi connectivity index (χ4n) is 5.46. The van der Waals surface area contributed by atoms with Crippen molar-refractivity contribution in [2.45, 2.75) is 13.0 Å². The molecule has 1 aliphatic rings. The van der Waals surface area contributed by atoms with Crippen LogP contribution in [0.4, 0.5) is 5.69 Å². The molecule has 4 aromatic rings. The van der Waals surface area contributed by atoms with Crippen molar-refractivity contribution in [2.24, 2.45) is 4.99 Å². The minimum atomic E-state index is -0.284. The summed E-state index contributed by atoms with van der Waals surface area (Å²) in [6, 6.07) is 13.7. The van der Waals surface area contributed by atoms with E-state index in [2.05, 4.69) is 68.1 Å². The van der Waals surface area contributed by atoms with Crippen molar-refractivity contribution < 1.29 is 19.0 Å². The Morgan fingerprint density at radius 2 is 1.80 bits per heavy atom. The summed E-state index contributed by atoms with van der Waals surface area (Å²) < 4.78 is 16.6. The smallest absolute Gasteiger partial charge is 0.249 e. The molecule has 0 bridgehead atoms. The lowest BCUT2D eigenvalue weighted by molar-refractivity contribution is -0.118. The molecular weight excluding hydrogens is 556 g/mol. The molecular formula is C34H40N6O4. The zero-order valence-electron chi connectivity index (χ0n) is 26.0. The molecule has 2 N–H and O–H groups in total. The van der Waals surface area contributed by atoms with Gasteiger partial charge in [-0.3, -0.25) is 9.79 Å². The van der Waals surface area contributed by atoms with Gasteiger partial charge in [-0.1, -0.05) is 6.07 Å². The predicted octanol–water partition coefficient (Wildman–Crippen LogP) is 4.97. The molecule has 44 heavy (non-hydrogen) atoms. The maximum atomic E-state index is 13.4. The van der Waals surface area contributed by atoms with Crippen LogP contribution in [0.15, 0.2) is 65.4 Å². The van der Waals surface area contributed by atoms with Crippen LogP contribution in [0.3, 0.4) is 0 Å². The van der Waals surface area contributed by atoms with Crippen LogP contribution in [0.5, 0.6) is 17.2 Å². The summed E-state index contributed by atoms with van der Waals surface area (Å²) in [5.41, 5.74) is 5.93. The lowest BCUT2D eigenvalue weighted by Gasteiger charge is -2.34. The number of ether oxygens (including phenoxy) is 3. The number of amides is 1. The number of nitrogens with zero attached hydrogens (tertiary/aromatic N) is 4. The first kappa shape index (κ1) is 30.6. The Balaban J connectivity index is 1.41. The number of hydrogen-bond donors (Lipinski definition) is 2. The molecule has 1 atom stereocenters. The second kappa shape index (κ2) is 13.6. The largest absolute Gasteiger partial charge is 0.496 e.